The molecule has 0 aromatic rings. The van der Waals surface area contributed by atoms with E-state index in [1.807, 2.05) is 6.92 Å². The largest absolute Gasteiger partial charge is 0.368 e. The SMILES string of the molecule is CC(CN)CN1CCCN(C(C)C(N)=O)CC1. The molecule has 1 saturated heterocycles. The van der Waals surface area contributed by atoms with Gasteiger partial charge in [0.25, 0.3) is 0 Å². The highest BCUT2D eigenvalue weighted by Gasteiger charge is 2.22. The number of primary amides is 1. The summed E-state index contributed by atoms with van der Waals surface area (Å²) in [6, 6.07) is -0.151. The number of carbonyl (C=O) groups excluding carboxylic acids is 1. The van der Waals surface area contributed by atoms with Crippen molar-refractivity contribution in [2.45, 2.75) is 26.3 Å². The topological polar surface area (TPSA) is 75.6 Å². The highest BCUT2D eigenvalue weighted by Crippen LogP contribution is 2.08. The van der Waals surface area contributed by atoms with Gasteiger partial charge in [-0.15, -0.1) is 0 Å². The van der Waals surface area contributed by atoms with Crippen LogP contribution in [0.1, 0.15) is 20.3 Å². The van der Waals surface area contributed by atoms with Gasteiger partial charge in [0.15, 0.2) is 0 Å². The molecule has 1 rings (SSSR count). The van der Waals surface area contributed by atoms with Crippen LogP contribution in [0.2, 0.25) is 0 Å². The Labute approximate surface area is 104 Å². The first-order valence-corrected chi connectivity index (χ1v) is 6.50. The Kier molecular flexibility index (Phi) is 5.88. The monoisotopic (exact) mass is 242 g/mol. The normalized spacial score (nSPS) is 23.0. The average Bonchev–Trinajstić information content (AvgIpc) is 2.53. The first-order chi connectivity index (χ1) is 8.04. The van der Waals surface area contributed by atoms with E-state index in [1.54, 1.807) is 0 Å². The second-order valence-electron chi connectivity index (χ2n) is 5.11. The van der Waals surface area contributed by atoms with Crippen molar-refractivity contribution in [1.29, 1.82) is 0 Å². The van der Waals surface area contributed by atoms with E-state index in [0.29, 0.717) is 5.92 Å². The fraction of sp³-hybridized carbons (Fsp3) is 0.917. The Morgan fingerprint density at radius 1 is 1.24 bits per heavy atom. The van der Waals surface area contributed by atoms with E-state index in [0.717, 1.165) is 45.7 Å². The van der Waals surface area contributed by atoms with Crippen LogP contribution in [-0.4, -0.2) is 61.0 Å². The summed E-state index contributed by atoms with van der Waals surface area (Å²) in [5.74, 6) is 0.309. The smallest absolute Gasteiger partial charge is 0.234 e. The number of amides is 1. The molecular formula is C12H26N4O. The van der Waals surface area contributed by atoms with Crippen LogP contribution in [0.4, 0.5) is 0 Å². The zero-order valence-electron chi connectivity index (χ0n) is 11.1. The van der Waals surface area contributed by atoms with Gasteiger partial charge >= 0.3 is 0 Å². The predicted octanol–water partition coefficient (Wildman–Crippen LogP) is -0.537. The second kappa shape index (κ2) is 6.93. The third-order valence-corrected chi connectivity index (χ3v) is 3.55. The number of rotatable bonds is 5. The Morgan fingerprint density at radius 2 is 1.94 bits per heavy atom. The van der Waals surface area contributed by atoms with Crippen molar-refractivity contribution in [2.24, 2.45) is 17.4 Å². The maximum absolute atomic E-state index is 11.2. The van der Waals surface area contributed by atoms with Crippen LogP contribution < -0.4 is 11.5 Å². The van der Waals surface area contributed by atoms with Gasteiger partial charge in [-0.25, -0.2) is 0 Å². The molecule has 100 valence electrons. The van der Waals surface area contributed by atoms with Crippen molar-refractivity contribution in [3.8, 4) is 0 Å². The van der Waals surface area contributed by atoms with Gasteiger partial charge in [-0.1, -0.05) is 6.92 Å². The number of hydrogen-bond donors (Lipinski definition) is 2. The van der Waals surface area contributed by atoms with Crippen molar-refractivity contribution < 1.29 is 4.79 Å². The van der Waals surface area contributed by atoms with Gasteiger partial charge in [0.1, 0.15) is 0 Å². The first kappa shape index (κ1) is 14.4. The minimum Gasteiger partial charge on any atom is -0.368 e. The maximum Gasteiger partial charge on any atom is 0.234 e. The number of nitrogens with zero attached hydrogens (tertiary/aromatic N) is 2. The molecule has 1 aliphatic heterocycles. The van der Waals surface area contributed by atoms with Gasteiger partial charge < -0.3 is 16.4 Å². The maximum atomic E-state index is 11.2. The van der Waals surface area contributed by atoms with Crippen LogP contribution in [0.5, 0.6) is 0 Å². The van der Waals surface area contributed by atoms with Crippen LogP contribution in [0, 0.1) is 5.92 Å². The molecule has 1 amide bonds. The van der Waals surface area contributed by atoms with E-state index < -0.39 is 0 Å². The standard InChI is InChI=1S/C12H26N4O/c1-10(8-13)9-15-4-3-5-16(7-6-15)11(2)12(14)17/h10-11H,3-9,13H2,1-2H3,(H2,14,17). The van der Waals surface area contributed by atoms with Crippen LogP contribution in [-0.2, 0) is 4.79 Å². The summed E-state index contributed by atoms with van der Waals surface area (Å²) in [7, 11) is 0. The van der Waals surface area contributed by atoms with Crippen LogP contribution >= 0.6 is 0 Å². The fourth-order valence-electron chi connectivity index (χ4n) is 2.26. The Bertz CT molecular complexity index is 247. The second-order valence-corrected chi connectivity index (χ2v) is 5.11. The lowest BCUT2D eigenvalue weighted by atomic mass is 10.1. The van der Waals surface area contributed by atoms with E-state index in [-0.39, 0.29) is 11.9 Å². The first-order valence-electron chi connectivity index (χ1n) is 6.50. The summed E-state index contributed by atoms with van der Waals surface area (Å²) in [6.45, 7) is 9.82. The fourth-order valence-corrected chi connectivity index (χ4v) is 2.26. The van der Waals surface area contributed by atoms with Crippen molar-refractivity contribution in [3.63, 3.8) is 0 Å². The molecule has 0 bridgehead atoms. The molecular weight excluding hydrogens is 216 g/mol. The highest BCUT2D eigenvalue weighted by molar-refractivity contribution is 5.79. The summed E-state index contributed by atoms with van der Waals surface area (Å²) in [5.41, 5.74) is 11.0. The lowest BCUT2D eigenvalue weighted by Gasteiger charge is -2.26. The molecule has 1 aliphatic rings. The lowest BCUT2D eigenvalue weighted by Crippen LogP contribution is -2.44. The zero-order chi connectivity index (χ0) is 12.8. The van der Waals surface area contributed by atoms with E-state index in [2.05, 4.69) is 16.7 Å². The highest BCUT2D eigenvalue weighted by atomic mass is 16.1. The molecule has 2 unspecified atom stereocenters. The molecule has 0 saturated carbocycles. The molecule has 4 N–H and O–H groups in total. The quantitative estimate of drug-likeness (QED) is 0.679. The molecule has 0 spiro atoms. The minimum atomic E-state index is -0.228. The molecule has 1 heterocycles. The van der Waals surface area contributed by atoms with Gasteiger partial charge in [0.2, 0.25) is 5.91 Å². The molecule has 0 radical (unpaired) electrons. The van der Waals surface area contributed by atoms with E-state index >= 15 is 0 Å². The van der Waals surface area contributed by atoms with E-state index in [4.69, 9.17) is 11.5 Å². The Balaban J connectivity index is 2.41. The van der Waals surface area contributed by atoms with Crippen molar-refractivity contribution in [1.82, 2.24) is 9.80 Å². The number of hydrogen-bond acceptors (Lipinski definition) is 4. The zero-order valence-corrected chi connectivity index (χ0v) is 11.1. The van der Waals surface area contributed by atoms with Gasteiger partial charge in [0.05, 0.1) is 6.04 Å². The predicted molar refractivity (Wildman–Crippen MR) is 69.5 cm³/mol. The lowest BCUT2D eigenvalue weighted by molar-refractivity contribution is -0.122. The molecule has 1 fully saturated rings. The third kappa shape index (κ3) is 4.61. The molecule has 0 aliphatic carbocycles. The minimum absolute atomic E-state index is 0.151. The molecule has 17 heavy (non-hydrogen) atoms. The van der Waals surface area contributed by atoms with Crippen LogP contribution in [0.3, 0.4) is 0 Å². The molecule has 0 aromatic carbocycles. The Hall–Kier alpha value is -0.650. The summed E-state index contributed by atoms with van der Waals surface area (Å²) in [4.78, 5) is 15.8. The third-order valence-electron chi connectivity index (χ3n) is 3.55. The van der Waals surface area contributed by atoms with Crippen molar-refractivity contribution in [3.05, 3.63) is 0 Å². The summed E-state index contributed by atoms with van der Waals surface area (Å²) in [5, 5.41) is 0. The summed E-state index contributed by atoms with van der Waals surface area (Å²) in [6.07, 6.45) is 1.09. The number of carbonyl (C=O) groups is 1. The molecule has 5 nitrogen and oxygen atoms in total. The molecule has 2 atom stereocenters. The average molecular weight is 242 g/mol. The van der Waals surface area contributed by atoms with Crippen molar-refractivity contribution in [2.75, 3.05) is 39.3 Å². The van der Waals surface area contributed by atoms with Crippen molar-refractivity contribution >= 4 is 5.91 Å². The van der Waals surface area contributed by atoms with Gasteiger partial charge in [-0.05, 0) is 32.4 Å². The summed E-state index contributed by atoms with van der Waals surface area (Å²) >= 11 is 0. The molecule has 5 heteroatoms. The van der Waals surface area contributed by atoms with Gasteiger partial charge in [-0.2, -0.15) is 0 Å². The van der Waals surface area contributed by atoms with E-state index in [1.165, 1.54) is 0 Å². The van der Waals surface area contributed by atoms with Gasteiger partial charge in [-0.3, -0.25) is 9.69 Å². The Morgan fingerprint density at radius 3 is 2.53 bits per heavy atom. The van der Waals surface area contributed by atoms with E-state index in [9.17, 15) is 4.79 Å². The van der Waals surface area contributed by atoms with Gasteiger partial charge in [0, 0.05) is 26.2 Å². The van der Waals surface area contributed by atoms with Crippen LogP contribution in [0.15, 0.2) is 0 Å². The number of nitrogens with two attached hydrogens (primary N) is 2. The molecule has 0 aromatic heterocycles. The summed E-state index contributed by atoms with van der Waals surface area (Å²) < 4.78 is 0. The van der Waals surface area contributed by atoms with Crippen LogP contribution in [0.25, 0.3) is 0 Å².